The van der Waals surface area contributed by atoms with E-state index >= 15 is 0 Å². The Balaban J connectivity index is 2.07. The van der Waals surface area contributed by atoms with E-state index in [1.54, 1.807) is 6.20 Å². The van der Waals surface area contributed by atoms with Gasteiger partial charge < -0.3 is 5.32 Å². The highest BCUT2D eigenvalue weighted by Crippen LogP contribution is 2.20. The largest absolute Gasteiger partial charge is 0.380 e. The Morgan fingerprint density at radius 3 is 2.88 bits per heavy atom. The van der Waals surface area contributed by atoms with Gasteiger partial charge in [0.25, 0.3) is 5.56 Å². The molecule has 2 rings (SSSR count). The molecule has 0 saturated carbocycles. The summed E-state index contributed by atoms with van der Waals surface area (Å²) in [5.74, 6) is 1.46. The number of H-pyrrole nitrogens is 1. The number of hydrogen-bond donors (Lipinski definition) is 2. The van der Waals surface area contributed by atoms with E-state index in [-0.39, 0.29) is 11.6 Å². The van der Waals surface area contributed by atoms with Crippen LogP contribution in [0.5, 0.6) is 0 Å². The molecule has 2 heterocycles. The first kappa shape index (κ1) is 11.8. The van der Waals surface area contributed by atoms with Crippen LogP contribution in [0.25, 0.3) is 0 Å². The topological polar surface area (TPSA) is 74.8 Å². The number of hydrogen-bond acceptors (Lipinski definition) is 4. The van der Waals surface area contributed by atoms with E-state index in [4.69, 9.17) is 0 Å². The molecule has 5 nitrogen and oxygen atoms in total. The first-order valence-corrected chi connectivity index (χ1v) is 7.29. The van der Waals surface area contributed by atoms with E-state index in [0.717, 1.165) is 24.3 Å². The lowest BCUT2D eigenvalue weighted by Crippen LogP contribution is -2.30. The molecule has 0 atom stereocenters. The molecular weight excluding hydrogens is 294 g/mol. The summed E-state index contributed by atoms with van der Waals surface area (Å²) in [4.78, 5) is 11.3. The van der Waals surface area contributed by atoms with E-state index < -0.39 is 10.8 Å². The van der Waals surface area contributed by atoms with E-state index in [9.17, 15) is 9.00 Å². The van der Waals surface area contributed by atoms with Gasteiger partial charge in [0.15, 0.2) is 0 Å². The normalized spacial score (nSPS) is 25.3. The summed E-state index contributed by atoms with van der Waals surface area (Å²) < 4.78 is 11.7. The second-order valence-corrected chi connectivity index (χ2v) is 6.18. The fraction of sp³-hybridized carbons (Fsp3) is 0.556. The molecule has 1 saturated heterocycles. The molecule has 0 bridgehead atoms. The zero-order valence-corrected chi connectivity index (χ0v) is 10.9. The third-order valence-electron chi connectivity index (χ3n) is 2.54. The molecule has 7 heteroatoms. The third kappa shape index (κ3) is 2.70. The highest BCUT2D eigenvalue weighted by Gasteiger charge is 2.18. The Kier molecular flexibility index (Phi) is 3.75. The summed E-state index contributed by atoms with van der Waals surface area (Å²) in [5.41, 5.74) is 0.450. The third-order valence-corrected chi connectivity index (χ3v) is 4.71. The number of nitrogens with one attached hydrogen (secondary N) is 2. The van der Waals surface area contributed by atoms with Gasteiger partial charge in [-0.05, 0) is 28.8 Å². The SMILES string of the molecule is O=c1[nH]ncc(NC2CCS(=O)CC2)c1Br. The van der Waals surface area contributed by atoms with Crippen molar-refractivity contribution in [2.75, 3.05) is 16.8 Å². The molecule has 0 spiro atoms. The summed E-state index contributed by atoms with van der Waals surface area (Å²) >= 11 is 3.21. The van der Waals surface area contributed by atoms with Gasteiger partial charge in [-0.25, -0.2) is 5.10 Å². The molecule has 0 radical (unpaired) electrons. The molecule has 1 fully saturated rings. The number of aromatic nitrogens is 2. The minimum Gasteiger partial charge on any atom is -0.380 e. The molecule has 1 aliphatic heterocycles. The molecular formula is C9H12BrN3O2S. The zero-order chi connectivity index (χ0) is 11.5. The highest BCUT2D eigenvalue weighted by atomic mass is 79.9. The van der Waals surface area contributed by atoms with E-state index in [1.807, 2.05) is 0 Å². The van der Waals surface area contributed by atoms with Gasteiger partial charge >= 0.3 is 0 Å². The number of halogens is 1. The molecule has 1 aromatic heterocycles. The zero-order valence-electron chi connectivity index (χ0n) is 8.53. The van der Waals surface area contributed by atoms with E-state index in [2.05, 4.69) is 31.4 Å². The molecule has 88 valence electrons. The van der Waals surface area contributed by atoms with Crippen LogP contribution in [0.2, 0.25) is 0 Å². The van der Waals surface area contributed by atoms with Gasteiger partial charge in [-0.1, -0.05) is 0 Å². The Hall–Kier alpha value is -0.690. The van der Waals surface area contributed by atoms with E-state index in [0.29, 0.717) is 10.2 Å². The standard InChI is InChI=1S/C9H12BrN3O2S/c10-8-7(5-11-13-9(8)14)12-6-1-3-16(15)4-2-6/h5-6H,1-4H2,(H2,12,13,14). The first-order chi connectivity index (χ1) is 7.66. The summed E-state index contributed by atoms with van der Waals surface area (Å²) in [5, 5.41) is 9.33. The van der Waals surface area contributed by atoms with Gasteiger partial charge in [0, 0.05) is 28.3 Å². The maximum Gasteiger partial charge on any atom is 0.280 e. The van der Waals surface area contributed by atoms with Gasteiger partial charge in [-0.15, -0.1) is 0 Å². The van der Waals surface area contributed by atoms with Crippen LogP contribution >= 0.6 is 15.9 Å². The lowest BCUT2D eigenvalue weighted by Gasteiger charge is -2.23. The van der Waals surface area contributed by atoms with Gasteiger partial charge in [-0.2, -0.15) is 5.10 Å². The van der Waals surface area contributed by atoms with Crippen molar-refractivity contribution in [3.8, 4) is 0 Å². The van der Waals surface area contributed by atoms with Crippen molar-refractivity contribution in [3.05, 3.63) is 21.0 Å². The predicted molar refractivity (Wildman–Crippen MR) is 67.1 cm³/mol. The minimum absolute atomic E-state index is 0.246. The number of aromatic amines is 1. The summed E-state index contributed by atoms with van der Waals surface area (Å²) in [7, 11) is -0.664. The second kappa shape index (κ2) is 5.09. The first-order valence-electron chi connectivity index (χ1n) is 5.01. The lowest BCUT2D eigenvalue weighted by atomic mass is 10.1. The van der Waals surface area contributed by atoms with Crippen LogP contribution in [0.4, 0.5) is 5.69 Å². The fourth-order valence-electron chi connectivity index (χ4n) is 1.64. The minimum atomic E-state index is -0.664. The summed E-state index contributed by atoms with van der Waals surface area (Å²) in [6, 6.07) is 0.276. The smallest absolute Gasteiger partial charge is 0.280 e. The molecule has 1 aliphatic rings. The van der Waals surface area contributed by atoms with E-state index in [1.165, 1.54) is 0 Å². The monoisotopic (exact) mass is 305 g/mol. The van der Waals surface area contributed by atoms with Crippen molar-refractivity contribution in [3.63, 3.8) is 0 Å². The number of anilines is 1. The lowest BCUT2D eigenvalue weighted by molar-refractivity contribution is 0.623. The Morgan fingerprint density at radius 1 is 1.50 bits per heavy atom. The van der Waals surface area contributed by atoms with Gasteiger partial charge in [0.2, 0.25) is 0 Å². The van der Waals surface area contributed by atoms with Crippen molar-refractivity contribution >= 4 is 32.4 Å². The Labute approximate surface area is 104 Å². The fourth-order valence-corrected chi connectivity index (χ4v) is 3.25. The van der Waals surface area contributed by atoms with Gasteiger partial charge in [0.1, 0.15) is 4.47 Å². The van der Waals surface area contributed by atoms with Crippen molar-refractivity contribution in [1.82, 2.24) is 10.2 Å². The van der Waals surface area contributed by atoms with Crippen LogP contribution in [-0.2, 0) is 10.8 Å². The molecule has 16 heavy (non-hydrogen) atoms. The van der Waals surface area contributed by atoms with Gasteiger partial charge in [-0.3, -0.25) is 9.00 Å². The molecule has 0 unspecified atom stereocenters. The molecule has 2 N–H and O–H groups in total. The van der Waals surface area contributed by atoms with Crippen molar-refractivity contribution in [1.29, 1.82) is 0 Å². The van der Waals surface area contributed by atoms with Crippen LogP contribution in [0.3, 0.4) is 0 Å². The second-order valence-electron chi connectivity index (χ2n) is 3.69. The summed E-state index contributed by atoms with van der Waals surface area (Å²) in [6.45, 7) is 0. The summed E-state index contributed by atoms with van der Waals surface area (Å²) in [6.07, 6.45) is 3.31. The van der Waals surface area contributed by atoms with Crippen molar-refractivity contribution < 1.29 is 4.21 Å². The van der Waals surface area contributed by atoms with Crippen LogP contribution in [0.15, 0.2) is 15.5 Å². The maximum absolute atomic E-state index is 11.3. The Morgan fingerprint density at radius 2 is 2.19 bits per heavy atom. The predicted octanol–water partition coefficient (Wildman–Crippen LogP) is 0.855. The highest BCUT2D eigenvalue weighted by molar-refractivity contribution is 9.10. The maximum atomic E-state index is 11.3. The number of nitrogens with zero attached hydrogens (tertiary/aromatic N) is 1. The Bertz CT molecular complexity index is 452. The molecule has 0 aromatic carbocycles. The average molecular weight is 306 g/mol. The van der Waals surface area contributed by atoms with Crippen LogP contribution in [0.1, 0.15) is 12.8 Å². The van der Waals surface area contributed by atoms with Crippen LogP contribution in [0, 0.1) is 0 Å². The molecule has 1 aromatic rings. The van der Waals surface area contributed by atoms with Crippen molar-refractivity contribution in [2.24, 2.45) is 0 Å². The van der Waals surface area contributed by atoms with Crippen molar-refractivity contribution in [2.45, 2.75) is 18.9 Å². The van der Waals surface area contributed by atoms with Crippen LogP contribution < -0.4 is 10.9 Å². The van der Waals surface area contributed by atoms with Crippen LogP contribution in [-0.4, -0.2) is 32.0 Å². The number of rotatable bonds is 2. The average Bonchev–Trinajstić information content (AvgIpc) is 2.28. The molecule has 0 aliphatic carbocycles. The molecule has 0 amide bonds. The van der Waals surface area contributed by atoms with Gasteiger partial charge in [0.05, 0.1) is 11.9 Å². The quantitative estimate of drug-likeness (QED) is 0.850.